The molecule has 0 radical (unpaired) electrons. The molecule has 1 aromatic heterocycles. The minimum absolute atomic E-state index is 0.0125. The van der Waals surface area contributed by atoms with Crippen molar-refractivity contribution in [3.8, 4) is 6.07 Å². The zero-order valence-electron chi connectivity index (χ0n) is 26.6. The number of hydrogen-bond donors (Lipinski definition) is 4. The number of nitrogens with zero attached hydrogens (tertiary/aromatic N) is 5. The molecule has 2 heterocycles. The highest BCUT2D eigenvalue weighted by atomic mass is 16.2. The predicted octanol–water partition coefficient (Wildman–Crippen LogP) is 2.46. The molecule has 4 unspecified atom stereocenters. The number of aromatic nitrogens is 4. The minimum atomic E-state index is -0.765. The molecule has 1 saturated carbocycles. The summed E-state index contributed by atoms with van der Waals surface area (Å²) in [6, 6.07) is 7.83. The average Bonchev–Trinajstić information content (AvgIpc) is 3.80. The van der Waals surface area contributed by atoms with Gasteiger partial charge in [0.2, 0.25) is 5.91 Å². The number of benzene rings is 1. The summed E-state index contributed by atoms with van der Waals surface area (Å²) in [6.07, 6.45) is 14.7. The number of allylic oxidation sites excluding steroid dienone is 2. The summed E-state index contributed by atoms with van der Waals surface area (Å²) in [5, 5.41) is 34.8. The fraction of sp³-hybridized carbons (Fsp3) is 0.559. The number of likely N-dealkylation sites (tertiary alicyclic amines) is 1. The maximum absolute atomic E-state index is 13.5. The number of likely N-dealkylation sites (N-methyl/N-ethyl adjacent to an activating group) is 1. The Labute approximate surface area is 269 Å². The summed E-state index contributed by atoms with van der Waals surface area (Å²) in [5.41, 5.74) is 2.12. The van der Waals surface area contributed by atoms with E-state index in [0.717, 1.165) is 56.1 Å². The Morgan fingerprint density at radius 2 is 1.89 bits per heavy atom. The number of aryl methyl sites for hydroxylation is 1. The van der Waals surface area contributed by atoms with Crippen molar-refractivity contribution in [2.24, 2.45) is 11.8 Å². The van der Waals surface area contributed by atoms with Crippen molar-refractivity contribution >= 4 is 17.7 Å². The van der Waals surface area contributed by atoms with Gasteiger partial charge in [0.15, 0.2) is 5.82 Å². The molecule has 12 nitrogen and oxygen atoms in total. The molecule has 3 aliphatic carbocycles. The molecule has 2 fully saturated rings. The van der Waals surface area contributed by atoms with Crippen LogP contribution in [0.15, 0.2) is 42.0 Å². The zero-order valence-corrected chi connectivity index (χ0v) is 26.6. The predicted molar refractivity (Wildman–Crippen MR) is 170 cm³/mol. The maximum atomic E-state index is 13.5. The van der Waals surface area contributed by atoms with Gasteiger partial charge in [-0.15, -0.1) is 5.10 Å². The molecule has 1 saturated heterocycles. The minimum Gasteiger partial charge on any atom is -0.355 e. The van der Waals surface area contributed by atoms with Crippen molar-refractivity contribution in [3.05, 3.63) is 64.5 Å². The number of aromatic amines is 1. The molecule has 3 amide bonds. The van der Waals surface area contributed by atoms with Crippen molar-refractivity contribution in [2.45, 2.75) is 81.2 Å². The van der Waals surface area contributed by atoms with Gasteiger partial charge in [0.1, 0.15) is 6.04 Å². The normalized spacial score (nSPS) is 26.6. The topological polar surface area (TPSA) is 169 Å². The van der Waals surface area contributed by atoms with E-state index in [1.54, 1.807) is 19.0 Å². The molecule has 46 heavy (non-hydrogen) atoms. The number of nitrogens with one attached hydrogen (secondary N) is 4. The van der Waals surface area contributed by atoms with E-state index in [1.807, 2.05) is 18.2 Å². The van der Waals surface area contributed by atoms with Crippen LogP contribution in [0.1, 0.15) is 85.1 Å². The van der Waals surface area contributed by atoms with Crippen molar-refractivity contribution in [2.75, 3.05) is 27.2 Å². The third-order valence-corrected chi connectivity index (χ3v) is 10.8. The van der Waals surface area contributed by atoms with E-state index >= 15 is 0 Å². The highest BCUT2D eigenvalue weighted by Crippen LogP contribution is 2.54. The molecular weight excluding hydrogens is 582 g/mol. The monoisotopic (exact) mass is 625 g/mol. The Kier molecular flexibility index (Phi) is 9.04. The van der Waals surface area contributed by atoms with E-state index in [2.05, 4.69) is 60.9 Å². The van der Waals surface area contributed by atoms with Gasteiger partial charge >= 0.3 is 0 Å². The molecule has 4 atom stereocenters. The van der Waals surface area contributed by atoms with Crippen molar-refractivity contribution < 1.29 is 14.4 Å². The summed E-state index contributed by atoms with van der Waals surface area (Å²) >= 11 is 0. The second kappa shape index (κ2) is 13.2. The first-order chi connectivity index (χ1) is 22.3. The van der Waals surface area contributed by atoms with Crippen LogP contribution >= 0.6 is 0 Å². The fourth-order valence-corrected chi connectivity index (χ4v) is 8.52. The van der Waals surface area contributed by atoms with Gasteiger partial charge in [-0.2, -0.15) is 5.26 Å². The zero-order chi connectivity index (χ0) is 32.3. The van der Waals surface area contributed by atoms with Crippen LogP contribution in [0, 0.1) is 23.2 Å². The molecule has 0 bridgehead atoms. The van der Waals surface area contributed by atoms with Gasteiger partial charge in [-0.1, -0.05) is 43.6 Å². The van der Waals surface area contributed by atoms with E-state index < -0.39 is 11.0 Å². The molecule has 0 spiro atoms. The number of carbonyl (C=O) groups is 3. The third kappa shape index (κ3) is 5.73. The first kappa shape index (κ1) is 31.6. The van der Waals surface area contributed by atoms with Crippen molar-refractivity contribution in [1.82, 2.24) is 41.5 Å². The first-order valence-corrected chi connectivity index (χ1v) is 16.5. The Balaban J connectivity index is 1.47. The largest absolute Gasteiger partial charge is 0.355 e. The van der Waals surface area contributed by atoms with Gasteiger partial charge < -0.3 is 20.9 Å². The van der Waals surface area contributed by atoms with Gasteiger partial charge in [-0.3, -0.25) is 14.4 Å². The second-order valence-corrected chi connectivity index (χ2v) is 13.2. The molecule has 12 heteroatoms. The highest BCUT2D eigenvalue weighted by Gasteiger charge is 2.54. The van der Waals surface area contributed by atoms with Gasteiger partial charge in [0.05, 0.1) is 18.0 Å². The molecule has 2 aromatic rings. The summed E-state index contributed by atoms with van der Waals surface area (Å²) in [6.45, 7) is 0.755. The van der Waals surface area contributed by atoms with Crippen LogP contribution in [0.3, 0.4) is 0 Å². The van der Waals surface area contributed by atoms with Crippen LogP contribution in [-0.4, -0.2) is 82.0 Å². The van der Waals surface area contributed by atoms with E-state index in [9.17, 15) is 19.6 Å². The quantitative estimate of drug-likeness (QED) is 0.347. The lowest BCUT2D eigenvalue weighted by Gasteiger charge is -2.49. The molecule has 1 aliphatic heterocycles. The molecule has 1 aromatic carbocycles. The lowest BCUT2D eigenvalue weighted by molar-refractivity contribution is -0.130. The first-order valence-electron chi connectivity index (χ1n) is 16.5. The van der Waals surface area contributed by atoms with Crippen LogP contribution in [-0.2, 0) is 21.4 Å². The molecular formula is C34H43N9O3. The number of tetrazole rings is 1. The van der Waals surface area contributed by atoms with Crippen LogP contribution in [0.25, 0.3) is 0 Å². The standard InChI is InChI=1S/C34H43N9O3/c1-36-30(45)24-10-12-27-22(17-24)8-9-23-18-25(31(46)37-2)11-13-28(23)34(27,32-39-41-42-40-32)21-33(14-4-3-5-15-33)38-20-29(44)43-16-6-7-26(43)19-35/h10-13,17-18,22,26-27,38H,3-9,14-16,20-21H2,1-2H3,(H,36,45)(H,37,46)(H,39,40,41,42). The Morgan fingerprint density at radius 1 is 1.09 bits per heavy atom. The summed E-state index contributed by atoms with van der Waals surface area (Å²) in [5.74, 6) is 0.171. The van der Waals surface area contributed by atoms with Gasteiger partial charge in [0.25, 0.3) is 11.8 Å². The highest BCUT2D eigenvalue weighted by molar-refractivity contribution is 5.96. The maximum Gasteiger partial charge on any atom is 0.251 e. The van der Waals surface area contributed by atoms with E-state index in [0.29, 0.717) is 42.8 Å². The summed E-state index contributed by atoms with van der Waals surface area (Å²) < 4.78 is 0. The number of carbonyl (C=O) groups excluding carboxylic acids is 3. The van der Waals surface area contributed by atoms with E-state index in [-0.39, 0.29) is 42.1 Å². The fourth-order valence-electron chi connectivity index (χ4n) is 8.52. The second-order valence-electron chi connectivity index (χ2n) is 13.2. The van der Waals surface area contributed by atoms with Crippen LogP contribution in [0.4, 0.5) is 0 Å². The number of H-pyrrole nitrogens is 1. The van der Waals surface area contributed by atoms with Gasteiger partial charge in [-0.05, 0) is 84.6 Å². The van der Waals surface area contributed by atoms with Gasteiger partial charge in [0, 0.05) is 43.2 Å². The molecule has 242 valence electrons. The lowest BCUT2D eigenvalue weighted by Crippen LogP contribution is -2.57. The Morgan fingerprint density at radius 3 is 2.61 bits per heavy atom. The van der Waals surface area contributed by atoms with E-state index in [4.69, 9.17) is 0 Å². The summed E-state index contributed by atoms with van der Waals surface area (Å²) in [4.78, 5) is 40.8. The molecule has 4 aliphatic rings. The number of rotatable bonds is 8. The number of fused-ring (bicyclic) bond motifs is 2. The third-order valence-electron chi connectivity index (χ3n) is 10.8. The van der Waals surface area contributed by atoms with E-state index in [1.165, 1.54) is 0 Å². The lowest BCUT2D eigenvalue weighted by atomic mass is 9.57. The number of amides is 3. The van der Waals surface area contributed by atoms with Crippen molar-refractivity contribution in [1.29, 1.82) is 5.26 Å². The molecule has 4 N–H and O–H groups in total. The SMILES string of the molecule is CNC(=O)C1=CC2CCc3cc(C(=O)NC)ccc3C(CC3(NCC(=O)N4CCCC4C#N)CCCCC3)(c3nnn[nH]3)C2C=C1. The van der Waals surface area contributed by atoms with Gasteiger partial charge in [-0.25, -0.2) is 5.10 Å². The average molecular weight is 626 g/mol. The molecule has 6 rings (SSSR count). The Hall–Kier alpha value is -4.37. The van der Waals surface area contributed by atoms with Crippen LogP contribution in [0.2, 0.25) is 0 Å². The number of nitriles is 1. The van der Waals surface area contributed by atoms with Crippen LogP contribution < -0.4 is 16.0 Å². The number of hydrogen-bond acceptors (Lipinski definition) is 8. The Bertz CT molecular complexity index is 1570. The van der Waals surface area contributed by atoms with Crippen molar-refractivity contribution in [3.63, 3.8) is 0 Å². The smallest absolute Gasteiger partial charge is 0.251 e. The van der Waals surface area contributed by atoms with Crippen LogP contribution in [0.5, 0.6) is 0 Å². The summed E-state index contributed by atoms with van der Waals surface area (Å²) in [7, 11) is 3.27.